The molecule has 6 nitrogen and oxygen atoms in total. The standard InChI is InChI=1S/C20H20ClN3O3S/c1-12-4-5-14(10-16(12)21)23-20-24(2)19(26)17(28-20)11-18(25)22-13-6-8-15(27-3)9-7-13/h4-10,17H,11H2,1-3H3,(H,22,25)/t17-/m1/s1. The molecule has 1 N–H and O–H groups in total. The van der Waals surface area contributed by atoms with Crippen molar-refractivity contribution in [1.29, 1.82) is 0 Å². The second-order valence-electron chi connectivity index (χ2n) is 6.31. The molecule has 0 radical (unpaired) electrons. The maximum atomic E-state index is 12.5. The van der Waals surface area contributed by atoms with Crippen LogP contribution in [0.15, 0.2) is 47.5 Å². The van der Waals surface area contributed by atoms with Gasteiger partial charge >= 0.3 is 0 Å². The summed E-state index contributed by atoms with van der Waals surface area (Å²) in [7, 11) is 3.24. The summed E-state index contributed by atoms with van der Waals surface area (Å²) < 4.78 is 5.09. The molecule has 0 unspecified atom stereocenters. The molecule has 1 atom stereocenters. The fraction of sp³-hybridized carbons (Fsp3) is 0.250. The second-order valence-corrected chi connectivity index (χ2v) is 7.89. The molecule has 28 heavy (non-hydrogen) atoms. The van der Waals surface area contributed by atoms with Gasteiger partial charge in [0.05, 0.1) is 12.8 Å². The van der Waals surface area contributed by atoms with Crippen molar-refractivity contribution in [2.45, 2.75) is 18.6 Å². The molecule has 0 bridgehead atoms. The number of aryl methyl sites for hydroxylation is 1. The van der Waals surface area contributed by atoms with E-state index < -0.39 is 5.25 Å². The molecular formula is C20H20ClN3O3S. The molecule has 2 amide bonds. The molecule has 8 heteroatoms. The van der Waals surface area contributed by atoms with Crippen LogP contribution in [-0.4, -0.2) is 41.3 Å². The number of carbonyl (C=O) groups excluding carboxylic acids is 2. The molecule has 3 rings (SSSR count). The summed E-state index contributed by atoms with van der Waals surface area (Å²) >= 11 is 7.42. The van der Waals surface area contributed by atoms with E-state index in [1.165, 1.54) is 16.7 Å². The number of aliphatic imine (C=N–C) groups is 1. The molecule has 1 saturated heterocycles. The van der Waals surface area contributed by atoms with Crippen LogP contribution in [0, 0.1) is 6.92 Å². The summed E-state index contributed by atoms with van der Waals surface area (Å²) in [6, 6.07) is 12.5. The van der Waals surface area contributed by atoms with E-state index >= 15 is 0 Å². The Balaban J connectivity index is 1.66. The van der Waals surface area contributed by atoms with E-state index in [2.05, 4.69) is 10.3 Å². The molecule has 0 spiro atoms. The third kappa shape index (κ3) is 4.66. The van der Waals surface area contributed by atoms with Gasteiger partial charge in [0, 0.05) is 24.2 Å². The zero-order valence-electron chi connectivity index (χ0n) is 15.7. The Bertz CT molecular complexity index is 931. The van der Waals surface area contributed by atoms with Crippen molar-refractivity contribution >= 4 is 51.7 Å². The zero-order chi connectivity index (χ0) is 20.3. The number of amides is 2. The lowest BCUT2D eigenvalue weighted by molar-refractivity contribution is -0.127. The van der Waals surface area contributed by atoms with Gasteiger partial charge in [0.25, 0.3) is 0 Å². The Labute approximate surface area is 172 Å². The first-order valence-corrected chi connectivity index (χ1v) is 9.86. The van der Waals surface area contributed by atoms with Crippen LogP contribution in [0.4, 0.5) is 11.4 Å². The maximum Gasteiger partial charge on any atom is 0.242 e. The predicted octanol–water partition coefficient (Wildman–Crippen LogP) is 4.25. The van der Waals surface area contributed by atoms with E-state index in [1.54, 1.807) is 44.5 Å². The van der Waals surface area contributed by atoms with Gasteiger partial charge in [0.15, 0.2) is 5.17 Å². The largest absolute Gasteiger partial charge is 0.497 e. The molecule has 1 fully saturated rings. The van der Waals surface area contributed by atoms with Gasteiger partial charge in [-0.2, -0.15) is 0 Å². The first-order valence-electron chi connectivity index (χ1n) is 8.60. The topological polar surface area (TPSA) is 71.0 Å². The van der Waals surface area contributed by atoms with Crippen LogP contribution in [0.3, 0.4) is 0 Å². The number of nitrogens with zero attached hydrogens (tertiary/aromatic N) is 2. The van der Waals surface area contributed by atoms with Crippen LogP contribution < -0.4 is 10.1 Å². The Hall–Kier alpha value is -2.51. The highest BCUT2D eigenvalue weighted by Gasteiger charge is 2.37. The minimum atomic E-state index is -0.511. The van der Waals surface area contributed by atoms with Crippen molar-refractivity contribution in [3.63, 3.8) is 0 Å². The molecule has 2 aromatic carbocycles. The van der Waals surface area contributed by atoms with Crippen LogP contribution in [0.1, 0.15) is 12.0 Å². The van der Waals surface area contributed by atoms with Crippen molar-refractivity contribution in [1.82, 2.24) is 4.90 Å². The fourth-order valence-corrected chi connectivity index (χ4v) is 3.94. The quantitative estimate of drug-likeness (QED) is 0.789. The lowest BCUT2D eigenvalue weighted by Crippen LogP contribution is -2.30. The highest BCUT2D eigenvalue weighted by Crippen LogP contribution is 2.32. The third-order valence-electron chi connectivity index (χ3n) is 4.27. The number of halogens is 1. The summed E-state index contributed by atoms with van der Waals surface area (Å²) in [5.41, 5.74) is 2.28. The van der Waals surface area contributed by atoms with E-state index in [4.69, 9.17) is 16.3 Å². The number of amidine groups is 1. The van der Waals surface area contributed by atoms with Gasteiger partial charge in [-0.05, 0) is 48.9 Å². The van der Waals surface area contributed by atoms with Crippen molar-refractivity contribution in [2.75, 3.05) is 19.5 Å². The smallest absolute Gasteiger partial charge is 0.242 e. The number of ether oxygens (including phenoxy) is 1. The molecule has 0 aliphatic carbocycles. The van der Waals surface area contributed by atoms with Gasteiger partial charge in [-0.1, -0.05) is 29.4 Å². The lowest BCUT2D eigenvalue weighted by atomic mass is 10.2. The number of methoxy groups -OCH3 is 1. The number of anilines is 1. The van der Waals surface area contributed by atoms with Gasteiger partial charge in [-0.15, -0.1) is 0 Å². The number of carbonyl (C=O) groups is 2. The molecule has 1 aliphatic rings. The summed E-state index contributed by atoms with van der Waals surface area (Å²) in [4.78, 5) is 30.8. The number of nitrogens with one attached hydrogen (secondary N) is 1. The van der Waals surface area contributed by atoms with E-state index in [0.29, 0.717) is 27.3 Å². The predicted molar refractivity (Wildman–Crippen MR) is 114 cm³/mol. The Kier molecular flexibility index (Phi) is 6.26. The molecule has 146 valence electrons. The van der Waals surface area contributed by atoms with E-state index in [-0.39, 0.29) is 18.2 Å². The minimum Gasteiger partial charge on any atom is -0.497 e. The van der Waals surface area contributed by atoms with Crippen LogP contribution in [0.25, 0.3) is 0 Å². The highest BCUT2D eigenvalue weighted by molar-refractivity contribution is 8.15. The van der Waals surface area contributed by atoms with E-state index in [1.807, 2.05) is 19.1 Å². The molecule has 2 aromatic rings. The number of hydrogen-bond donors (Lipinski definition) is 1. The summed E-state index contributed by atoms with van der Waals surface area (Å²) in [6.45, 7) is 1.91. The molecule has 0 saturated carbocycles. The van der Waals surface area contributed by atoms with Gasteiger partial charge in [0.1, 0.15) is 11.0 Å². The van der Waals surface area contributed by atoms with Crippen molar-refractivity contribution in [3.8, 4) is 5.75 Å². The normalized spacial score (nSPS) is 17.9. The van der Waals surface area contributed by atoms with Crippen molar-refractivity contribution in [2.24, 2.45) is 4.99 Å². The summed E-state index contributed by atoms with van der Waals surface area (Å²) in [6.07, 6.45) is 0.0630. The Morgan fingerprint density at radius 2 is 2.00 bits per heavy atom. The van der Waals surface area contributed by atoms with E-state index in [9.17, 15) is 9.59 Å². The number of benzene rings is 2. The molecular weight excluding hydrogens is 398 g/mol. The Morgan fingerprint density at radius 1 is 1.29 bits per heavy atom. The number of rotatable bonds is 5. The van der Waals surface area contributed by atoms with Crippen LogP contribution in [0.2, 0.25) is 5.02 Å². The van der Waals surface area contributed by atoms with Gasteiger partial charge in [0.2, 0.25) is 11.8 Å². The monoisotopic (exact) mass is 417 g/mol. The first-order chi connectivity index (χ1) is 13.4. The van der Waals surface area contributed by atoms with Crippen LogP contribution in [0.5, 0.6) is 5.75 Å². The fourth-order valence-electron chi connectivity index (χ4n) is 2.61. The summed E-state index contributed by atoms with van der Waals surface area (Å²) in [5, 5.41) is 3.45. The second kappa shape index (κ2) is 8.67. The third-order valence-corrected chi connectivity index (χ3v) is 5.90. The average Bonchev–Trinajstić information content (AvgIpc) is 2.93. The number of hydrogen-bond acceptors (Lipinski definition) is 5. The summed E-state index contributed by atoms with van der Waals surface area (Å²) in [5.74, 6) is 0.328. The average molecular weight is 418 g/mol. The minimum absolute atomic E-state index is 0.0630. The molecule has 1 heterocycles. The molecule has 1 aliphatic heterocycles. The highest BCUT2D eigenvalue weighted by atomic mass is 35.5. The van der Waals surface area contributed by atoms with Gasteiger partial charge < -0.3 is 10.1 Å². The van der Waals surface area contributed by atoms with Crippen LogP contribution >= 0.6 is 23.4 Å². The van der Waals surface area contributed by atoms with Gasteiger partial charge in [-0.25, -0.2) is 4.99 Å². The number of thioether (sulfide) groups is 1. The SMILES string of the molecule is COc1ccc(NC(=O)C[C@H]2SC(=Nc3ccc(C)c(Cl)c3)N(C)C2=O)cc1. The van der Waals surface area contributed by atoms with Gasteiger partial charge in [-0.3, -0.25) is 14.5 Å². The lowest BCUT2D eigenvalue weighted by Gasteiger charge is -2.09. The zero-order valence-corrected chi connectivity index (χ0v) is 17.3. The van der Waals surface area contributed by atoms with Crippen molar-refractivity contribution in [3.05, 3.63) is 53.1 Å². The maximum absolute atomic E-state index is 12.5. The molecule has 0 aromatic heterocycles. The Morgan fingerprint density at radius 3 is 2.64 bits per heavy atom. The first kappa shape index (κ1) is 20.2. The van der Waals surface area contributed by atoms with E-state index in [0.717, 1.165) is 5.56 Å². The van der Waals surface area contributed by atoms with Crippen molar-refractivity contribution < 1.29 is 14.3 Å². The van der Waals surface area contributed by atoms with Crippen LogP contribution in [-0.2, 0) is 9.59 Å².